The van der Waals surface area contributed by atoms with Gasteiger partial charge < -0.3 is 15.2 Å². The summed E-state index contributed by atoms with van der Waals surface area (Å²) in [5.41, 5.74) is 7.70. The van der Waals surface area contributed by atoms with Crippen molar-refractivity contribution in [2.75, 3.05) is 17.8 Å². The predicted molar refractivity (Wildman–Crippen MR) is 96.6 cm³/mol. The molecule has 132 valence electrons. The Kier molecular flexibility index (Phi) is 4.13. The largest absolute Gasteiger partial charge is 0.454 e. The van der Waals surface area contributed by atoms with Gasteiger partial charge in [-0.05, 0) is 24.6 Å². The second-order valence-electron chi connectivity index (χ2n) is 5.64. The first-order valence-corrected chi connectivity index (χ1v) is 8.64. The topological polar surface area (TPSA) is 112 Å². The molecule has 0 saturated heterocycles. The van der Waals surface area contributed by atoms with Crippen molar-refractivity contribution in [1.29, 1.82) is 0 Å². The normalized spacial score (nSPS) is 12.2. The molecule has 0 bridgehead atoms. The van der Waals surface area contributed by atoms with Crippen LogP contribution in [0.5, 0.6) is 11.5 Å². The van der Waals surface area contributed by atoms with Crippen molar-refractivity contribution in [3.63, 3.8) is 0 Å². The number of hydrogen-bond donors (Lipinski definition) is 2. The molecule has 0 saturated carbocycles. The van der Waals surface area contributed by atoms with E-state index >= 15 is 0 Å². The second kappa shape index (κ2) is 6.60. The zero-order valence-electron chi connectivity index (χ0n) is 13.9. The van der Waals surface area contributed by atoms with Gasteiger partial charge in [0.2, 0.25) is 6.79 Å². The first kappa shape index (κ1) is 16.3. The van der Waals surface area contributed by atoms with E-state index in [-0.39, 0.29) is 18.3 Å². The average molecular weight is 369 g/mol. The Morgan fingerprint density at radius 1 is 1.27 bits per heavy atom. The third kappa shape index (κ3) is 3.16. The maximum atomic E-state index is 12.3. The summed E-state index contributed by atoms with van der Waals surface area (Å²) in [4.78, 5) is 25.6. The minimum absolute atomic E-state index is 0.0812. The van der Waals surface area contributed by atoms with Crippen molar-refractivity contribution >= 4 is 28.2 Å². The summed E-state index contributed by atoms with van der Waals surface area (Å²) in [5, 5.41) is 3.22. The van der Waals surface area contributed by atoms with Crippen LogP contribution >= 0.6 is 11.3 Å². The van der Waals surface area contributed by atoms with Gasteiger partial charge in [-0.3, -0.25) is 10.1 Å². The number of nitrogens with one attached hydrogen (secondary N) is 1. The van der Waals surface area contributed by atoms with Crippen LogP contribution in [0.4, 0.5) is 10.9 Å². The number of carbonyl (C=O) groups excluding carboxylic acids is 1. The zero-order valence-corrected chi connectivity index (χ0v) is 14.7. The molecule has 1 amide bonds. The third-order valence-corrected chi connectivity index (χ3v) is 4.93. The van der Waals surface area contributed by atoms with E-state index in [1.165, 1.54) is 23.7 Å². The van der Waals surface area contributed by atoms with Gasteiger partial charge >= 0.3 is 0 Å². The van der Waals surface area contributed by atoms with E-state index in [2.05, 4.69) is 20.3 Å². The van der Waals surface area contributed by atoms with Gasteiger partial charge in [-0.2, -0.15) is 0 Å². The van der Waals surface area contributed by atoms with E-state index in [1.807, 2.05) is 25.1 Å². The van der Waals surface area contributed by atoms with Crippen LogP contribution in [0, 0.1) is 6.92 Å². The van der Waals surface area contributed by atoms with Crippen molar-refractivity contribution in [2.45, 2.75) is 13.3 Å². The number of nitrogens with two attached hydrogens (primary N) is 1. The lowest BCUT2D eigenvalue weighted by atomic mass is 10.1. The fourth-order valence-corrected chi connectivity index (χ4v) is 3.55. The molecule has 26 heavy (non-hydrogen) atoms. The highest BCUT2D eigenvalue weighted by Gasteiger charge is 2.17. The van der Waals surface area contributed by atoms with Crippen LogP contribution in [0.15, 0.2) is 30.6 Å². The summed E-state index contributed by atoms with van der Waals surface area (Å²) in [6, 6.07) is 5.85. The van der Waals surface area contributed by atoms with Gasteiger partial charge in [-0.25, -0.2) is 15.0 Å². The van der Waals surface area contributed by atoms with Gasteiger partial charge in [0.05, 0.1) is 5.69 Å². The molecule has 3 aromatic rings. The molecule has 3 N–H and O–H groups in total. The number of thiazole rings is 1. The highest BCUT2D eigenvalue weighted by atomic mass is 32.1. The monoisotopic (exact) mass is 369 g/mol. The van der Waals surface area contributed by atoms with E-state index in [0.29, 0.717) is 11.6 Å². The lowest BCUT2D eigenvalue weighted by Crippen LogP contribution is -2.16. The first-order valence-electron chi connectivity index (χ1n) is 7.83. The molecule has 4 rings (SSSR count). The Bertz CT molecular complexity index is 988. The number of hydrogen-bond acceptors (Lipinski definition) is 8. The summed E-state index contributed by atoms with van der Waals surface area (Å²) in [6.45, 7) is 2.16. The van der Waals surface area contributed by atoms with Crippen LogP contribution < -0.4 is 20.5 Å². The van der Waals surface area contributed by atoms with Gasteiger partial charge in [-0.15, -0.1) is 11.3 Å². The van der Waals surface area contributed by atoms with Gasteiger partial charge in [0.1, 0.15) is 0 Å². The molecule has 1 aromatic carbocycles. The highest BCUT2D eigenvalue weighted by Crippen LogP contribution is 2.34. The third-order valence-electron chi connectivity index (χ3n) is 3.86. The lowest BCUT2D eigenvalue weighted by Gasteiger charge is -2.02. The van der Waals surface area contributed by atoms with Gasteiger partial charge in [0.25, 0.3) is 5.91 Å². The van der Waals surface area contributed by atoms with Crippen LogP contribution in [-0.4, -0.2) is 27.7 Å². The fourth-order valence-electron chi connectivity index (χ4n) is 2.56. The van der Waals surface area contributed by atoms with Crippen LogP contribution in [0.3, 0.4) is 0 Å². The van der Waals surface area contributed by atoms with Crippen LogP contribution in [0.2, 0.25) is 0 Å². The summed E-state index contributed by atoms with van der Waals surface area (Å²) < 4.78 is 10.7. The fraction of sp³-hybridized carbons (Fsp3) is 0.176. The van der Waals surface area contributed by atoms with Crippen molar-refractivity contribution in [2.24, 2.45) is 0 Å². The van der Waals surface area contributed by atoms with E-state index in [4.69, 9.17) is 15.2 Å². The summed E-state index contributed by atoms with van der Waals surface area (Å²) in [7, 11) is 0. The molecule has 3 heterocycles. The zero-order chi connectivity index (χ0) is 18.1. The maximum Gasteiger partial charge on any atom is 0.279 e. The number of rotatable bonds is 4. The standard InChI is InChI=1S/C17H15N5O3S/c1-9-13(7-10-2-3-11-12(6-10)25-8-24-11)26-17(21-9)22-16(23)14-15(18)20-5-4-19-14/h2-6H,7-8H2,1H3,(H2,18,20)(H,21,22,23). The lowest BCUT2D eigenvalue weighted by molar-refractivity contribution is 0.102. The number of nitrogen functional groups attached to an aromatic ring is 1. The van der Waals surface area contributed by atoms with Crippen molar-refractivity contribution in [3.8, 4) is 11.5 Å². The smallest absolute Gasteiger partial charge is 0.279 e. The number of aromatic nitrogens is 3. The van der Waals surface area contributed by atoms with E-state index in [1.54, 1.807) is 0 Å². The van der Waals surface area contributed by atoms with Crippen molar-refractivity contribution < 1.29 is 14.3 Å². The minimum Gasteiger partial charge on any atom is -0.454 e. The molecular weight excluding hydrogens is 354 g/mol. The number of carbonyl (C=O) groups is 1. The first-order chi connectivity index (χ1) is 12.6. The molecule has 0 spiro atoms. The molecular formula is C17H15N5O3S. The minimum atomic E-state index is -0.432. The van der Waals surface area contributed by atoms with Crippen LogP contribution in [-0.2, 0) is 6.42 Å². The van der Waals surface area contributed by atoms with Crippen LogP contribution in [0.1, 0.15) is 26.6 Å². The Hall–Kier alpha value is -3.20. The molecule has 0 aliphatic carbocycles. The number of anilines is 2. The van der Waals surface area contributed by atoms with Crippen molar-refractivity contribution in [3.05, 3.63) is 52.4 Å². The molecule has 0 fully saturated rings. The Morgan fingerprint density at radius 3 is 2.92 bits per heavy atom. The summed E-state index contributed by atoms with van der Waals surface area (Å²) in [5.74, 6) is 1.15. The molecule has 0 radical (unpaired) electrons. The summed E-state index contributed by atoms with van der Waals surface area (Å²) >= 11 is 1.41. The number of fused-ring (bicyclic) bond motifs is 1. The summed E-state index contributed by atoms with van der Waals surface area (Å²) in [6.07, 6.45) is 3.54. The van der Waals surface area contributed by atoms with Gasteiger partial charge in [-0.1, -0.05) is 6.07 Å². The molecule has 0 unspecified atom stereocenters. The molecule has 8 nitrogen and oxygen atoms in total. The van der Waals surface area contributed by atoms with E-state index in [9.17, 15) is 4.79 Å². The molecule has 1 aliphatic heterocycles. The number of benzene rings is 1. The number of ether oxygens (including phenoxy) is 2. The van der Waals surface area contributed by atoms with Gasteiger partial charge in [0, 0.05) is 23.7 Å². The Balaban J connectivity index is 1.51. The quantitative estimate of drug-likeness (QED) is 0.726. The number of amides is 1. The SMILES string of the molecule is Cc1nc(NC(=O)c2nccnc2N)sc1Cc1ccc2c(c1)OCO2. The van der Waals surface area contributed by atoms with Crippen molar-refractivity contribution in [1.82, 2.24) is 15.0 Å². The van der Waals surface area contributed by atoms with E-state index in [0.717, 1.165) is 27.6 Å². The molecule has 1 aliphatic rings. The molecule has 2 aromatic heterocycles. The number of aryl methyl sites for hydroxylation is 1. The molecule has 0 atom stereocenters. The predicted octanol–water partition coefficient (Wildman–Crippen LogP) is 2.40. The van der Waals surface area contributed by atoms with Gasteiger partial charge in [0.15, 0.2) is 28.1 Å². The van der Waals surface area contributed by atoms with E-state index < -0.39 is 5.91 Å². The molecule has 9 heteroatoms. The average Bonchev–Trinajstić information content (AvgIpc) is 3.21. The highest BCUT2D eigenvalue weighted by molar-refractivity contribution is 7.15. The number of nitrogens with zero attached hydrogens (tertiary/aromatic N) is 3. The maximum absolute atomic E-state index is 12.3. The second-order valence-corrected chi connectivity index (χ2v) is 6.72. The van der Waals surface area contributed by atoms with Crippen LogP contribution in [0.25, 0.3) is 0 Å². The Morgan fingerprint density at radius 2 is 2.08 bits per heavy atom. The Labute approximate surface area is 153 Å².